The van der Waals surface area contributed by atoms with Crippen molar-refractivity contribution in [1.29, 1.82) is 0 Å². The third kappa shape index (κ3) is 6.25. The summed E-state index contributed by atoms with van der Waals surface area (Å²) in [6.45, 7) is 4.84. The maximum atomic E-state index is 5.88. The van der Waals surface area contributed by atoms with Crippen LogP contribution in [0.25, 0.3) is 0 Å². The molecule has 0 bridgehead atoms. The van der Waals surface area contributed by atoms with E-state index >= 15 is 0 Å². The molecule has 2 rings (SSSR count). The van der Waals surface area contributed by atoms with Crippen molar-refractivity contribution in [3.8, 4) is 5.75 Å². The molecule has 0 aromatic heterocycles. The van der Waals surface area contributed by atoms with Crippen LogP contribution in [0.5, 0.6) is 5.75 Å². The first kappa shape index (κ1) is 18.8. The predicted molar refractivity (Wildman–Crippen MR) is 103 cm³/mol. The summed E-state index contributed by atoms with van der Waals surface area (Å²) in [5, 5.41) is 6.73. The predicted octanol–water partition coefficient (Wildman–Crippen LogP) is 3.26. The molecule has 1 aliphatic carbocycles. The second-order valence-corrected chi connectivity index (χ2v) is 5.48. The standard InChI is InChI=1S/C17H25N3O.HI/c1-13-8-10-16(11-9-13)21-14(2)12-19-17(18-3)20-15-6-4-5-7-15;/h4-5,8-11,14-15H,6-7,12H2,1-3H3,(H2,18,19,20);1H. The Morgan fingerprint density at radius 1 is 1.27 bits per heavy atom. The Bertz CT molecular complexity index is 491. The molecule has 2 N–H and O–H groups in total. The summed E-state index contributed by atoms with van der Waals surface area (Å²) >= 11 is 0. The van der Waals surface area contributed by atoms with Crippen molar-refractivity contribution < 1.29 is 4.74 Å². The largest absolute Gasteiger partial charge is 0.489 e. The van der Waals surface area contributed by atoms with Crippen LogP contribution in [0.3, 0.4) is 0 Å². The van der Waals surface area contributed by atoms with E-state index in [-0.39, 0.29) is 30.1 Å². The van der Waals surface area contributed by atoms with Gasteiger partial charge in [0.25, 0.3) is 0 Å². The highest BCUT2D eigenvalue weighted by molar-refractivity contribution is 14.0. The number of ether oxygens (including phenoxy) is 1. The molecule has 0 spiro atoms. The zero-order valence-corrected chi connectivity index (χ0v) is 15.8. The number of nitrogens with one attached hydrogen (secondary N) is 2. The Labute approximate surface area is 150 Å². The molecule has 5 heteroatoms. The molecule has 4 nitrogen and oxygen atoms in total. The molecule has 1 aromatic carbocycles. The Hall–Kier alpha value is -1.24. The molecule has 0 aliphatic heterocycles. The summed E-state index contributed by atoms with van der Waals surface area (Å²) in [7, 11) is 1.79. The molecule has 1 aromatic rings. The fourth-order valence-electron chi connectivity index (χ4n) is 2.25. The lowest BCUT2D eigenvalue weighted by Gasteiger charge is -2.20. The van der Waals surface area contributed by atoms with Gasteiger partial charge in [-0.05, 0) is 38.8 Å². The van der Waals surface area contributed by atoms with Gasteiger partial charge in [-0.1, -0.05) is 29.8 Å². The van der Waals surface area contributed by atoms with Crippen molar-refractivity contribution in [3.05, 3.63) is 42.0 Å². The summed E-state index contributed by atoms with van der Waals surface area (Å²) in [6, 6.07) is 8.59. The zero-order chi connectivity index (χ0) is 15.1. The first-order valence-electron chi connectivity index (χ1n) is 7.53. The number of hydrogen-bond donors (Lipinski definition) is 2. The zero-order valence-electron chi connectivity index (χ0n) is 13.5. The van der Waals surface area contributed by atoms with Gasteiger partial charge in [-0.3, -0.25) is 4.99 Å². The molecule has 0 fully saturated rings. The van der Waals surface area contributed by atoms with E-state index in [0.29, 0.717) is 12.6 Å². The van der Waals surface area contributed by atoms with Crippen molar-refractivity contribution in [1.82, 2.24) is 10.6 Å². The monoisotopic (exact) mass is 415 g/mol. The van der Waals surface area contributed by atoms with Gasteiger partial charge in [-0.25, -0.2) is 0 Å². The number of guanidine groups is 1. The van der Waals surface area contributed by atoms with Crippen molar-refractivity contribution in [3.63, 3.8) is 0 Å². The molecule has 0 saturated carbocycles. The molecular formula is C17H26IN3O. The van der Waals surface area contributed by atoms with Gasteiger partial charge in [0.2, 0.25) is 0 Å². The van der Waals surface area contributed by atoms with Gasteiger partial charge < -0.3 is 15.4 Å². The number of halogens is 1. The first-order chi connectivity index (χ1) is 10.2. The molecule has 0 amide bonds. The van der Waals surface area contributed by atoms with Gasteiger partial charge >= 0.3 is 0 Å². The lowest BCUT2D eigenvalue weighted by Crippen LogP contribution is -2.45. The molecule has 1 atom stereocenters. The van der Waals surface area contributed by atoms with Crippen LogP contribution >= 0.6 is 24.0 Å². The molecule has 0 radical (unpaired) electrons. The first-order valence-corrected chi connectivity index (χ1v) is 7.53. The van der Waals surface area contributed by atoms with Crippen LogP contribution < -0.4 is 15.4 Å². The van der Waals surface area contributed by atoms with Gasteiger partial charge in [0, 0.05) is 13.1 Å². The number of benzene rings is 1. The average molecular weight is 415 g/mol. The fourth-order valence-corrected chi connectivity index (χ4v) is 2.25. The van der Waals surface area contributed by atoms with Crippen LogP contribution in [-0.4, -0.2) is 31.7 Å². The van der Waals surface area contributed by atoms with Gasteiger partial charge in [0.1, 0.15) is 11.9 Å². The SMILES string of the molecule is CN=C(NCC(C)Oc1ccc(C)cc1)NC1CC=CC1.I. The molecule has 22 heavy (non-hydrogen) atoms. The minimum atomic E-state index is 0. The summed E-state index contributed by atoms with van der Waals surface area (Å²) < 4.78 is 5.88. The van der Waals surface area contributed by atoms with Crippen LogP contribution in [0.15, 0.2) is 41.4 Å². The summed E-state index contributed by atoms with van der Waals surface area (Å²) in [6.07, 6.45) is 6.61. The normalized spacial score (nSPS) is 16.0. The molecule has 0 heterocycles. The molecule has 122 valence electrons. The highest BCUT2D eigenvalue weighted by Gasteiger charge is 2.12. The minimum Gasteiger partial charge on any atom is -0.489 e. The fraction of sp³-hybridized carbons (Fsp3) is 0.471. The van der Waals surface area contributed by atoms with E-state index in [1.54, 1.807) is 7.05 Å². The lowest BCUT2D eigenvalue weighted by molar-refractivity contribution is 0.223. The second-order valence-electron chi connectivity index (χ2n) is 5.48. The number of hydrogen-bond acceptors (Lipinski definition) is 2. The van der Waals surface area contributed by atoms with Crippen LogP contribution in [0.2, 0.25) is 0 Å². The summed E-state index contributed by atoms with van der Waals surface area (Å²) in [5.41, 5.74) is 1.24. The maximum Gasteiger partial charge on any atom is 0.191 e. The quantitative estimate of drug-likeness (QED) is 0.336. The molecule has 0 saturated heterocycles. The topological polar surface area (TPSA) is 45.7 Å². The Morgan fingerprint density at radius 3 is 2.50 bits per heavy atom. The lowest BCUT2D eigenvalue weighted by atomic mass is 10.2. The number of nitrogens with zero attached hydrogens (tertiary/aromatic N) is 1. The van der Waals surface area contributed by atoms with Crippen molar-refractivity contribution in [2.24, 2.45) is 4.99 Å². The minimum absolute atomic E-state index is 0. The van der Waals surface area contributed by atoms with Crippen LogP contribution in [0.1, 0.15) is 25.3 Å². The van der Waals surface area contributed by atoms with Gasteiger partial charge in [0.15, 0.2) is 5.96 Å². The van der Waals surface area contributed by atoms with E-state index in [1.165, 1.54) is 5.56 Å². The van der Waals surface area contributed by atoms with E-state index < -0.39 is 0 Å². The molecule has 1 aliphatic rings. The van der Waals surface area contributed by atoms with Crippen LogP contribution in [0.4, 0.5) is 0 Å². The summed E-state index contributed by atoms with van der Waals surface area (Å²) in [4.78, 5) is 4.25. The highest BCUT2D eigenvalue weighted by atomic mass is 127. The second kappa shape index (κ2) is 9.71. The van der Waals surface area contributed by atoms with Gasteiger partial charge in [0.05, 0.1) is 6.54 Å². The number of aliphatic imine (C=N–C) groups is 1. The van der Waals surface area contributed by atoms with E-state index in [0.717, 1.165) is 24.6 Å². The third-order valence-corrected chi connectivity index (χ3v) is 3.49. The maximum absolute atomic E-state index is 5.88. The Kier molecular flexibility index (Phi) is 8.30. The van der Waals surface area contributed by atoms with Crippen molar-refractivity contribution >= 4 is 29.9 Å². The van der Waals surface area contributed by atoms with Gasteiger partial charge in [-0.15, -0.1) is 24.0 Å². The molecular weight excluding hydrogens is 389 g/mol. The Morgan fingerprint density at radius 2 is 1.91 bits per heavy atom. The van der Waals surface area contributed by atoms with E-state index in [1.807, 2.05) is 12.1 Å². The van der Waals surface area contributed by atoms with Crippen molar-refractivity contribution in [2.45, 2.75) is 38.8 Å². The van der Waals surface area contributed by atoms with Gasteiger partial charge in [-0.2, -0.15) is 0 Å². The van der Waals surface area contributed by atoms with E-state index in [9.17, 15) is 0 Å². The molecule has 1 unspecified atom stereocenters. The highest BCUT2D eigenvalue weighted by Crippen LogP contribution is 2.13. The van der Waals surface area contributed by atoms with Crippen LogP contribution in [0, 0.1) is 6.92 Å². The number of rotatable bonds is 5. The van der Waals surface area contributed by atoms with E-state index in [4.69, 9.17) is 4.74 Å². The van der Waals surface area contributed by atoms with Crippen LogP contribution in [-0.2, 0) is 0 Å². The summed E-state index contributed by atoms with van der Waals surface area (Å²) in [5.74, 6) is 1.74. The van der Waals surface area contributed by atoms with Crippen molar-refractivity contribution in [2.75, 3.05) is 13.6 Å². The number of aryl methyl sites for hydroxylation is 1. The Balaban J connectivity index is 0.00000242. The third-order valence-electron chi connectivity index (χ3n) is 3.49. The van der Waals surface area contributed by atoms with E-state index in [2.05, 4.69) is 53.8 Å². The average Bonchev–Trinajstić information content (AvgIpc) is 2.99. The smallest absolute Gasteiger partial charge is 0.191 e.